The first-order valence-corrected chi connectivity index (χ1v) is 9.03. The molecule has 6 heteroatoms. The molecule has 1 aromatic heterocycles. The second-order valence-corrected chi connectivity index (χ2v) is 7.60. The zero-order chi connectivity index (χ0) is 16.4. The van der Waals surface area contributed by atoms with E-state index < -0.39 is 11.9 Å². The van der Waals surface area contributed by atoms with Gasteiger partial charge in [0.15, 0.2) is 0 Å². The predicted octanol–water partition coefficient (Wildman–Crippen LogP) is 4.11. The van der Waals surface area contributed by atoms with Crippen molar-refractivity contribution in [2.75, 3.05) is 13.1 Å². The molecule has 1 aliphatic rings. The first kappa shape index (κ1) is 16.2. The van der Waals surface area contributed by atoms with Gasteiger partial charge in [-0.1, -0.05) is 28.1 Å². The standard InChI is InChI=1S/C17H16BrNO3S/c18-13-5-3-11(4-6-13)14-7-8-15(23-14)16(20)19-9-1-2-12(10-19)17(21)22/h3-8,12H,1-2,9-10H2,(H,21,22)/t12-/m0/s1. The first-order valence-electron chi connectivity index (χ1n) is 7.42. The van der Waals surface area contributed by atoms with Gasteiger partial charge in [0.1, 0.15) is 0 Å². The molecule has 0 unspecified atom stereocenters. The molecule has 1 N–H and O–H groups in total. The summed E-state index contributed by atoms with van der Waals surface area (Å²) in [6.07, 6.45) is 1.39. The van der Waals surface area contributed by atoms with E-state index in [0.29, 0.717) is 24.4 Å². The van der Waals surface area contributed by atoms with E-state index in [-0.39, 0.29) is 5.91 Å². The number of amides is 1. The number of rotatable bonds is 3. The molecule has 0 spiro atoms. The van der Waals surface area contributed by atoms with Crippen LogP contribution in [0.4, 0.5) is 0 Å². The largest absolute Gasteiger partial charge is 0.481 e. The Labute approximate surface area is 146 Å². The third kappa shape index (κ3) is 3.64. The first-order chi connectivity index (χ1) is 11.0. The minimum Gasteiger partial charge on any atom is -0.481 e. The van der Waals surface area contributed by atoms with E-state index in [1.807, 2.05) is 36.4 Å². The van der Waals surface area contributed by atoms with Crippen LogP contribution in [0.25, 0.3) is 10.4 Å². The van der Waals surface area contributed by atoms with Gasteiger partial charge >= 0.3 is 5.97 Å². The highest BCUT2D eigenvalue weighted by atomic mass is 79.9. The highest BCUT2D eigenvalue weighted by Gasteiger charge is 2.29. The maximum atomic E-state index is 12.6. The average Bonchev–Trinajstić information content (AvgIpc) is 3.05. The molecule has 0 radical (unpaired) electrons. The van der Waals surface area contributed by atoms with E-state index in [0.717, 1.165) is 21.3 Å². The highest BCUT2D eigenvalue weighted by Crippen LogP contribution is 2.30. The second kappa shape index (κ2) is 6.84. The van der Waals surface area contributed by atoms with Crippen LogP contribution in [0.1, 0.15) is 22.5 Å². The van der Waals surface area contributed by atoms with Gasteiger partial charge in [0, 0.05) is 22.4 Å². The summed E-state index contributed by atoms with van der Waals surface area (Å²) in [6.45, 7) is 0.938. The van der Waals surface area contributed by atoms with Crippen LogP contribution in [0.2, 0.25) is 0 Å². The molecule has 4 nitrogen and oxygen atoms in total. The lowest BCUT2D eigenvalue weighted by Crippen LogP contribution is -2.42. The van der Waals surface area contributed by atoms with Crippen LogP contribution in [-0.2, 0) is 4.79 Å². The number of carbonyl (C=O) groups excluding carboxylic acids is 1. The number of likely N-dealkylation sites (tertiary alicyclic amines) is 1. The quantitative estimate of drug-likeness (QED) is 0.852. The van der Waals surface area contributed by atoms with Crippen LogP contribution in [0.15, 0.2) is 40.9 Å². The summed E-state index contributed by atoms with van der Waals surface area (Å²) in [5, 5.41) is 9.14. The van der Waals surface area contributed by atoms with E-state index in [2.05, 4.69) is 15.9 Å². The van der Waals surface area contributed by atoms with E-state index in [9.17, 15) is 9.59 Å². The number of nitrogens with zero attached hydrogens (tertiary/aromatic N) is 1. The van der Waals surface area contributed by atoms with E-state index in [1.165, 1.54) is 11.3 Å². The summed E-state index contributed by atoms with van der Waals surface area (Å²) in [5.41, 5.74) is 1.07. The van der Waals surface area contributed by atoms with Crippen molar-refractivity contribution in [1.82, 2.24) is 4.90 Å². The number of benzene rings is 1. The fourth-order valence-corrected chi connectivity index (χ4v) is 3.98. The number of piperidine rings is 1. The number of thiophene rings is 1. The fraction of sp³-hybridized carbons (Fsp3) is 0.294. The number of aliphatic carboxylic acids is 1. The van der Waals surface area contributed by atoms with Crippen LogP contribution >= 0.6 is 27.3 Å². The normalized spacial score (nSPS) is 18.0. The van der Waals surface area contributed by atoms with Crippen molar-refractivity contribution in [1.29, 1.82) is 0 Å². The smallest absolute Gasteiger partial charge is 0.308 e. The van der Waals surface area contributed by atoms with Gasteiger partial charge in [-0.25, -0.2) is 0 Å². The van der Waals surface area contributed by atoms with Gasteiger partial charge in [-0.3, -0.25) is 9.59 Å². The molecule has 0 saturated carbocycles. The van der Waals surface area contributed by atoms with Gasteiger partial charge in [-0.05, 0) is 42.7 Å². The molecular weight excluding hydrogens is 378 g/mol. The molecule has 1 aromatic carbocycles. The maximum Gasteiger partial charge on any atom is 0.308 e. The van der Waals surface area contributed by atoms with Gasteiger partial charge < -0.3 is 10.0 Å². The predicted molar refractivity (Wildman–Crippen MR) is 93.7 cm³/mol. The summed E-state index contributed by atoms with van der Waals surface area (Å²) in [6, 6.07) is 11.7. The van der Waals surface area contributed by atoms with Crippen molar-refractivity contribution in [3.8, 4) is 10.4 Å². The number of halogens is 1. The Balaban J connectivity index is 1.75. The van der Waals surface area contributed by atoms with Crippen molar-refractivity contribution in [2.24, 2.45) is 5.92 Å². The van der Waals surface area contributed by atoms with Gasteiger partial charge in [0.2, 0.25) is 0 Å². The molecule has 120 valence electrons. The molecular formula is C17H16BrNO3S. The Hall–Kier alpha value is -1.66. The van der Waals surface area contributed by atoms with Gasteiger partial charge in [-0.2, -0.15) is 0 Å². The zero-order valence-corrected chi connectivity index (χ0v) is 14.8. The van der Waals surface area contributed by atoms with Crippen LogP contribution in [-0.4, -0.2) is 35.0 Å². The molecule has 3 rings (SSSR count). The maximum absolute atomic E-state index is 12.6. The van der Waals surface area contributed by atoms with Gasteiger partial charge in [0.05, 0.1) is 10.8 Å². The summed E-state index contributed by atoms with van der Waals surface area (Å²) >= 11 is 4.86. The monoisotopic (exact) mass is 393 g/mol. The molecule has 1 saturated heterocycles. The summed E-state index contributed by atoms with van der Waals surface area (Å²) in [7, 11) is 0. The summed E-state index contributed by atoms with van der Waals surface area (Å²) < 4.78 is 1.02. The Kier molecular flexibility index (Phi) is 4.82. The van der Waals surface area contributed by atoms with Gasteiger partial charge in [0.25, 0.3) is 5.91 Å². The SMILES string of the molecule is O=C(O)[C@H]1CCCN(C(=O)c2ccc(-c3ccc(Br)cc3)s2)C1. The third-order valence-corrected chi connectivity index (χ3v) is 5.65. The molecule has 1 aliphatic heterocycles. The Morgan fingerprint density at radius 2 is 1.91 bits per heavy atom. The molecule has 1 fully saturated rings. The van der Waals surface area contributed by atoms with Crippen LogP contribution < -0.4 is 0 Å². The van der Waals surface area contributed by atoms with Crippen molar-refractivity contribution < 1.29 is 14.7 Å². The molecule has 2 heterocycles. The van der Waals surface area contributed by atoms with Crippen molar-refractivity contribution in [2.45, 2.75) is 12.8 Å². The van der Waals surface area contributed by atoms with Crippen molar-refractivity contribution >= 4 is 39.1 Å². The average molecular weight is 394 g/mol. The number of hydrogen-bond donors (Lipinski definition) is 1. The number of carboxylic acid groups (broad SMARTS) is 1. The molecule has 2 aromatic rings. The summed E-state index contributed by atoms with van der Waals surface area (Å²) in [5.74, 6) is -1.33. The van der Waals surface area contributed by atoms with E-state index in [4.69, 9.17) is 5.11 Å². The number of hydrogen-bond acceptors (Lipinski definition) is 3. The van der Waals surface area contributed by atoms with E-state index in [1.54, 1.807) is 4.90 Å². The molecule has 1 amide bonds. The van der Waals surface area contributed by atoms with Crippen LogP contribution in [0, 0.1) is 5.92 Å². The fourth-order valence-electron chi connectivity index (χ4n) is 2.74. The Morgan fingerprint density at radius 1 is 1.17 bits per heavy atom. The summed E-state index contributed by atoms with van der Waals surface area (Å²) in [4.78, 5) is 27.1. The minimum absolute atomic E-state index is 0.0655. The van der Waals surface area contributed by atoms with Crippen molar-refractivity contribution in [3.05, 3.63) is 45.7 Å². The molecule has 0 aliphatic carbocycles. The number of carbonyl (C=O) groups is 2. The second-order valence-electron chi connectivity index (χ2n) is 5.60. The number of carboxylic acids is 1. The highest BCUT2D eigenvalue weighted by molar-refractivity contribution is 9.10. The lowest BCUT2D eigenvalue weighted by Gasteiger charge is -2.30. The van der Waals surface area contributed by atoms with E-state index >= 15 is 0 Å². The zero-order valence-electron chi connectivity index (χ0n) is 12.4. The molecule has 1 atom stereocenters. The Bertz CT molecular complexity index is 726. The van der Waals surface area contributed by atoms with Crippen LogP contribution in [0.5, 0.6) is 0 Å². The minimum atomic E-state index is -0.816. The Morgan fingerprint density at radius 3 is 2.61 bits per heavy atom. The van der Waals surface area contributed by atoms with Gasteiger partial charge in [-0.15, -0.1) is 11.3 Å². The lowest BCUT2D eigenvalue weighted by atomic mass is 9.98. The van der Waals surface area contributed by atoms with Crippen molar-refractivity contribution in [3.63, 3.8) is 0 Å². The topological polar surface area (TPSA) is 57.6 Å². The third-order valence-electron chi connectivity index (χ3n) is 4.00. The lowest BCUT2D eigenvalue weighted by molar-refractivity contribution is -0.143. The molecule has 0 bridgehead atoms. The van der Waals surface area contributed by atoms with Crippen LogP contribution in [0.3, 0.4) is 0 Å². The molecule has 23 heavy (non-hydrogen) atoms.